The number of nitrogens with zero attached hydrogens (tertiary/aromatic N) is 2. The fraction of sp³-hybridized carbons (Fsp3) is 0.294. The molecular weight excluding hydrogens is 265 g/mol. The molecule has 3 nitrogen and oxygen atoms in total. The van der Waals surface area contributed by atoms with Gasteiger partial charge in [-0.05, 0) is 48.6 Å². The van der Waals surface area contributed by atoms with Crippen molar-refractivity contribution in [3.05, 3.63) is 59.5 Å². The number of rotatable bonds is 4. The Kier molecular flexibility index (Phi) is 3.83. The molecule has 0 saturated heterocycles. The van der Waals surface area contributed by atoms with Crippen molar-refractivity contribution in [3.8, 4) is 6.07 Å². The molecule has 106 valence electrons. The molecule has 0 amide bonds. The van der Waals surface area contributed by atoms with Gasteiger partial charge in [0.05, 0.1) is 6.04 Å². The molecule has 1 aliphatic rings. The summed E-state index contributed by atoms with van der Waals surface area (Å²) in [5.74, 6) is 0.994. The van der Waals surface area contributed by atoms with Crippen LogP contribution in [0.1, 0.15) is 36.6 Å². The largest absolute Gasteiger partial charge is 0.363 e. The van der Waals surface area contributed by atoms with Gasteiger partial charge >= 0.3 is 0 Å². The highest BCUT2D eigenvalue weighted by Crippen LogP contribution is 2.39. The van der Waals surface area contributed by atoms with E-state index in [1.807, 2.05) is 30.3 Å². The SMILES string of the molecule is N#Cc1cccc(NC(c2ccc(F)cc2)C2CCC2)n1. The molecule has 4 heteroatoms. The number of pyridine rings is 1. The van der Waals surface area contributed by atoms with E-state index in [9.17, 15) is 4.39 Å². The zero-order valence-electron chi connectivity index (χ0n) is 11.6. The summed E-state index contributed by atoms with van der Waals surface area (Å²) in [5, 5.41) is 12.3. The number of hydrogen-bond acceptors (Lipinski definition) is 3. The van der Waals surface area contributed by atoms with E-state index in [-0.39, 0.29) is 11.9 Å². The quantitative estimate of drug-likeness (QED) is 0.919. The fourth-order valence-electron chi connectivity index (χ4n) is 2.65. The van der Waals surface area contributed by atoms with Crippen LogP contribution in [-0.4, -0.2) is 4.98 Å². The number of halogens is 1. The van der Waals surface area contributed by atoms with Crippen LogP contribution >= 0.6 is 0 Å². The van der Waals surface area contributed by atoms with Crippen LogP contribution in [0.3, 0.4) is 0 Å². The van der Waals surface area contributed by atoms with Crippen LogP contribution in [0.25, 0.3) is 0 Å². The standard InChI is InChI=1S/C17H16FN3/c18-14-9-7-13(8-10-14)17(12-3-1-4-12)21-16-6-2-5-15(11-19)20-16/h2,5-10,12,17H,1,3-4H2,(H,20,21). The highest BCUT2D eigenvalue weighted by Gasteiger charge is 2.28. The van der Waals surface area contributed by atoms with Crippen molar-refractivity contribution >= 4 is 5.82 Å². The van der Waals surface area contributed by atoms with Crippen molar-refractivity contribution < 1.29 is 4.39 Å². The van der Waals surface area contributed by atoms with Crippen LogP contribution in [-0.2, 0) is 0 Å². The molecule has 1 saturated carbocycles. The summed E-state index contributed by atoms with van der Waals surface area (Å²) in [6, 6.07) is 14.1. The van der Waals surface area contributed by atoms with Crippen molar-refractivity contribution in [2.45, 2.75) is 25.3 Å². The second kappa shape index (κ2) is 5.92. The van der Waals surface area contributed by atoms with Crippen molar-refractivity contribution in [1.82, 2.24) is 4.98 Å². The first-order valence-electron chi connectivity index (χ1n) is 7.15. The number of nitrogens with one attached hydrogen (secondary N) is 1. The van der Waals surface area contributed by atoms with Gasteiger partial charge in [-0.25, -0.2) is 9.37 Å². The molecule has 1 atom stereocenters. The molecule has 3 rings (SSSR count). The molecule has 2 aromatic rings. The normalized spacial score (nSPS) is 15.8. The van der Waals surface area contributed by atoms with E-state index in [1.165, 1.54) is 18.6 Å². The minimum absolute atomic E-state index is 0.112. The summed E-state index contributed by atoms with van der Waals surface area (Å²) in [6.07, 6.45) is 3.55. The Hall–Kier alpha value is -2.41. The Morgan fingerprint density at radius 1 is 1.19 bits per heavy atom. The van der Waals surface area contributed by atoms with Gasteiger partial charge in [-0.15, -0.1) is 0 Å². The van der Waals surface area contributed by atoms with Crippen molar-refractivity contribution in [2.24, 2.45) is 5.92 Å². The van der Waals surface area contributed by atoms with E-state index >= 15 is 0 Å². The highest BCUT2D eigenvalue weighted by molar-refractivity contribution is 5.42. The molecule has 0 aliphatic heterocycles. The van der Waals surface area contributed by atoms with Crippen LogP contribution in [0.2, 0.25) is 0 Å². The number of hydrogen-bond donors (Lipinski definition) is 1. The van der Waals surface area contributed by atoms with E-state index in [1.54, 1.807) is 6.07 Å². The fourth-order valence-corrected chi connectivity index (χ4v) is 2.65. The summed E-state index contributed by atoms with van der Waals surface area (Å²) in [7, 11) is 0. The second-order valence-electron chi connectivity index (χ2n) is 5.38. The lowest BCUT2D eigenvalue weighted by atomic mass is 9.77. The Bertz CT molecular complexity index is 656. The zero-order chi connectivity index (χ0) is 14.7. The van der Waals surface area contributed by atoms with Gasteiger partial charge in [-0.2, -0.15) is 5.26 Å². The van der Waals surface area contributed by atoms with E-state index in [0.717, 1.165) is 18.4 Å². The summed E-state index contributed by atoms with van der Waals surface area (Å²) in [5.41, 5.74) is 1.46. The van der Waals surface area contributed by atoms with Crippen LogP contribution in [0, 0.1) is 23.1 Å². The third kappa shape index (κ3) is 3.03. The van der Waals surface area contributed by atoms with Gasteiger partial charge in [0.15, 0.2) is 0 Å². The van der Waals surface area contributed by atoms with Gasteiger partial charge in [0.2, 0.25) is 0 Å². The molecule has 1 unspecified atom stereocenters. The molecule has 1 heterocycles. The Morgan fingerprint density at radius 2 is 1.95 bits per heavy atom. The van der Waals surface area contributed by atoms with E-state index < -0.39 is 0 Å². The number of nitriles is 1. The van der Waals surface area contributed by atoms with Crippen molar-refractivity contribution in [2.75, 3.05) is 5.32 Å². The van der Waals surface area contributed by atoms with Gasteiger partial charge < -0.3 is 5.32 Å². The molecule has 1 fully saturated rings. The van der Waals surface area contributed by atoms with Gasteiger partial charge in [-0.3, -0.25) is 0 Å². The van der Waals surface area contributed by atoms with E-state index in [0.29, 0.717) is 17.4 Å². The maximum absolute atomic E-state index is 13.1. The van der Waals surface area contributed by atoms with Crippen LogP contribution < -0.4 is 5.32 Å². The maximum Gasteiger partial charge on any atom is 0.142 e. The van der Waals surface area contributed by atoms with Gasteiger partial charge in [-0.1, -0.05) is 24.6 Å². The van der Waals surface area contributed by atoms with Crippen LogP contribution in [0.4, 0.5) is 10.2 Å². The lowest BCUT2D eigenvalue weighted by molar-refractivity contribution is 0.276. The first kappa shape index (κ1) is 13.6. The monoisotopic (exact) mass is 281 g/mol. The van der Waals surface area contributed by atoms with Gasteiger partial charge in [0.1, 0.15) is 23.4 Å². The minimum atomic E-state index is -0.226. The number of benzene rings is 1. The smallest absolute Gasteiger partial charge is 0.142 e. The molecule has 21 heavy (non-hydrogen) atoms. The molecule has 0 spiro atoms. The van der Waals surface area contributed by atoms with Crippen molar-refractivity contribution in [1.29, 1.82) is 5.26 Å². The first-order valence-corrected chi connectivity index (χ1v) is 7.15. The third-order valence-electron chi connectivity index (χ3n) is 4.02. The summed E-state index contributed by atoms with van der Waals surface area (Å²) in [4.78, 5) is 4.27. The molecule has 1 aromatic heterocycles. The molecule has 0 bridgehead atoms. The average molecular weight is 281 g/mol. The first-order chi connectivity index (χ1) is 10.3. The van der Waals surface area contributed by atoms with E-state index in [4.69, 9.17) is 5.26 Å². The van der Waals surface area contributed by atoms with Crippen LogP contribution in [0.15, 0.2) is 42.5 Å². The van der Waals surface area contributed by atoms with Crippen molar-refractivity contribution in [3.63, 3.8) is 0 Å². The predicted octanol–water partition coefficient (Wildman–Crippen LogP) is 4.05. The molecule has 1 aliphatic carbocycles. The molecule has 1 aromatic carbocycles. The molecule has 0 radical (unpaired) electrons. The summed E-state index contributed by atoms with van der Waals surface area (Å²) < 4.78 is 13.1. The summed E-state index contributed by atoms with van der Waals surface area (Å²) >= 11 is 0. The van der Waals surface area contributed by atoms with Gasteiger partial charge in [0, 0.05) is 0 Å². The lowest BCUT2D eigenvalue weighted by Gasteiger charge is -2.35. The zero-order valence-corrected chi connectivity index (χ0v) is 11.6. The Morgan fingerprint density at radius 3 is 2.57 bits per heavy atom. The number of anilines is 1. The average Bonchev–Trinajstić information content (AvgIpc) is 2.46. The minimum Gasteiger partial charge on any atom is -0.363 e. The maximum atomic E-state index is 13.1. The van der Waals surface area contributed by atoms with Crippen LogP contribution in [0.5, 0.6) is 0 Å². The topological polar surface area (TPSA) is 48.7 Å². The lowest BCUT2D eigenvalue weighted by Crippen LogP contribution is -2.26. The summed E-state index contributed by atoms with van der Waals surface area (Å²) in [6.45, 7) is 0. The highest BCUT2D eigenvalue weighted by atomic mass is 19.1. The predicted molar refractivity (Wildman–Crippen MR) is 79.1 cm³/mol. The molecular formula is C17H16FN3. The number of aromatic nitrogens is 1. The third-order valence-corrected chi connectivity index (χ3v) is 4.02. The Balaban J connectivity index is 1.85. The van der Waals surface area contributed by atoms with Gasteiger partial charge in [0.25, 0.3) is 0 Å². The molecule has 1 N–H and O–H groups in total. The van der Waals surface area contributed by atoms with E-state index in [2.05, 4.69) is 10.3 Å². The second-order valence-corrected chi connectivity index (χ2v) is 5.38. The Labute approximate surface area is 123 Å².